The van der Waals surface area contributed by atoms with Gasteiger partial charge in [0.1, 0.15) is 0 Å². The van der Waals surface area contributed by atoms with Gasteiger partial charge in [-0.2, -0.15) is 0 Å². The van der Waals surface area contributed by atoms with Crippen molar-refractivity contribution < 1.29 is 0 Å². The molecule has 0 aliphatic heterocycles. The third kappa shape index (κ3) is 4.86. The van der Waals surface area contributed by atoms with E-state index in [0.29, 0.717) is 5.41 Å². The van der Waals surface area contributed by atoms with E-state index in [2.05, 4.69) is 33.0 Å². The molecule has 0 aromatic heterocycles. The normalized spacial score (nSPS) is 19.9. The lowest BCUT2D eigenvalue weighted by Gasteiger charge is -2.31. The Bertz CT molecular complexity index is 178. The van der Waals surface area contributed by atoms with Crippen molar-refractivity contribution in [1.82, 2.24) is 5.32 Å². The van der Waals surface area contributed by atoms with Crippen LogP contribution in [0.25, 0.3) is 0 Å². The summed E-state index contributed by atoms with van der Waals surface area (Å²) in [5, 5.41) is 3.70. The molecule has 0 atom stereocenters. The van der Waals surface area contributed by atoms with Crippen LogP contribution in [0.1, 0.15) is 66.2 Å². The molecule has 96 valence electrons. The Morgan fingerprint density at radius 2 is 1.62 bits per heavy atom. The van der Waals surface area contributed by atoms with Crippen molar-refractivity contribution in [1.29, 1.82) is 0 Å². The largest absolute Gasteiger partial charge is 0.316 e. The zero-order valence-corrected chi connectivity index (χ0v) is 11.8. The van der Waals surface area contributed by atoms with Gasteiger partial charge in [-0.1, -0.05) is 40.5 Å². The summed E-state index contributed by atoms with van der Waals surface area (Å²) in [6, 6.07) is 0. The minimum atomic E-state index is 0.644. The second-order valence-corrected chi connectivity index (χ2v) is 6.66. The van der Waals surface area contributed by atoms with Gasteiger partial charge in [0.2, 0.25) is 0 Å². The number of rotatable bonds is 7. The maximum atomic E-state index is 3.70. The summed E-state index contributed by atoms with van der Waals surface area (Å²) < 4.78 is 0. The molecule has 0 amide bonds. The van der Waals surface area contributed by atoms with Crippen LogP contribution in [0.2, 0.25) is 0 Å². The van der Waals surface area contributed by atoms with Crippen LogP contribution in [-0.4, -0.2) is 13.1 Å². The molecule has 1 aliphatic rings. The lowest BCUT2D eigenvalue weighted by molar-refractivity contribution is 0.223. The SMILES string of the molecule is CC(C)CCNCC1(CC(C)C)CCCC1. The standard InChI is InChI=1S/C15H31N/c1-13(2)7-10-16-12-15(11-14(3)4)8-5-6-9-15/h13-14,16H,5-12H2,1-4H3. The fourth-order valence-electron chi connectivity index (χ4n) is 3.19. The topological polar surface area (TPSA) is 12.0 Å². The Morgan fingerprint density at radius 1 is 1.00 bits per heavy atom. The average Bonchev–Trinajstić information content (AvgIpc) is 2.60. The molecule has 1 aliphatic carbocycles. The van der Waals surface area contributed by atoms with Crippen molar-refractivity contribution in [3.8, 4) is 0 Å². The monoisotopic (exact) mass is 225 g/mol. The molecule has 0 spiro atoms. The van der Waals surface area contributed by atoms with Crippen molar-refractivity contribution in [2.75, 3.05) is 13.1 Å². The molecule has 0 aromatic carbocycles. The Morgan fingerprint density at radius 3 is 2.12 bits per heavy atom. The Balaban J connectivity index is 2.28. The van der Waals surface area contributed by atoms with Crippen molar-refractivity contribution in [3.05, 3.63) is 0 Å². The molecule has 16 heavy (non-hydrogen) atoms. The van der Waals surface area contributed by atoms with Crippen molar-refractivity contribution in [2.24, 2.45) is 17.3 Å². The predicted octanol–water partition coefficient (Wildman–Crippen LogP) is 4.23. The highest BCUT2D eigenvalue weighted by atomic mass is 14.9. The van der Waals surface area contributed by atoms with Gasteiger partial charge in [0, 0.05) is 6.54 Å². The quantitative estimate of drug-likeness (QED) is 0.639. The molecule has 0 bridgehead atoms. The molecule has 0 saturated heterocycles. The number of hydrogen-bond acceptors (Lipinski definition) is 1. The Kier molecular flexibility index (Phi) is 5.82. The second kappa shape index (κ2) is 6.64. The molecule has 0 heterocycles. The average molecular weight is 225 g/mol. The summed E-state index contributed by atoms with van der Waals surface area (Å²) >= 11 is 0. The molecule has 1 nitrogen and oxygen atoms in total. The van der Waals surface area contributed by atoms with Crippen molar-refractivity contribution in [2.45, 2.75) is 66.2 Å². The van der Waals surface area contributed by atoms with Gasteiger partial charge in [0.05, 0.1) is 0 Å². The van der Waals surface area contributed by atoms with Crippen LogP contribution < -0.4 is 5.32 Å². The molecular formula is C15H31N. The van der Waals surface area contributed by atoms with Gasteiger partial charge in [-0.3, -0.25) is 0 Å². The molecular weight excluding hydrogens is 194 g/mol. The summed E-state index contributed by atoms with van der Waals surface area (Å²) in [6.45, 7) is 11.8. The lowest BCUT2D eigenvalue weighted by Crippen LogP contribution is -2.34. The Labute approximate surface area is 102 Å². The van der Waals surface area contributed by atoms with Gasteiger partial charge in [0.25, 0.3) is 0 Å². The van der Waals surface area contributed by atoms with E-state index in [4.69, 9.17) is 0 Å². The predicted molar refractivity (Wildman–Crippen MR) is 72.7 cm³/mol. The van der Waals surface area contributed by atoms with Crippen LogP contribution in [0.5, 0.6) is 0 Å². The third-order valence-corrected chi connectivity index (χ3v) is 3.90. The zero-order valence-electron chi connectivity index (χ0n) is 11.8. The van der Waals surface area contributed by atoms with Crippen molar-refractivity contribution in [3.63, 3.8) is 0 Å². The minimum absolute atomic E-state index is 0.644. The fourth-order valence-corrected chi connectivity index (χ4v) is 3.19. The van der Waals surface area contributed by atoms with E-state index in [-0.39, 0.29) is 0 Å². The van der Waals surface area contributed by atoms with E-state index in [9.17, 15) is 0 Å². The van der Waals surface area contributed by atoms with Crippen molar-refractivity contribution >= 4 is 0 Å². The van der Waals surface area contributed by atoms with Crippen LogP contribution in [0, 0.1) is 17.3 Å². The molecule has 1 saturated carbocycles. The Hall–Kier alpha value is -0.0400. The lowest BCUT2D eigenvalue weighted by atomic mass is 9.78. The third-order valence-electron chi connectivity index (χ3n) is 3.90. The smallest absolute Gasteiger partial charge is 0.000791 e. The zero-order chi connectivity index (χ0) is 12.0. The summed E-state index contributed by atoms with van der Waals surface area (Å²) in [5.74, 6) is 1.68. The molecule has 0 radical (unpaired) electrons. The van der Waals surface area contributed by atoms with Gasteiger partial charge in [-0.15, -0.1) is 0 Å². The van der Waals surface area contributed by atoms with E-state index in [0.717, 1.165) is 11.8 Å². The molecule has 1 rings (SSSR count). The van der Waals surface area contributed by atoms with E-state index >= 15 is 0 Å². The van der Waals surface area contributed by atoms with Gasteiger partial charge < -0.3 is 5.32 Å². The van der Waals surface area contributed by atoms with Crippen LogP contribution in [0.15, 0.2) is 0 Å². The number of nitrogens with one attached hydrogen (secondary N) is 1. The summed E-state index contributed by atoms with van der Waals surface area (Å²) in [6.07, 6.45) is 8.57. The van der Waals surface area contributed by atoms with Crippen LogP contribution >= 0.6 is 0 Å². The van der Waals surface area contributed by atoms with Crippen LogP contribution in [0.4, 0.5) is 0 Å². The highest BCUT2D eigenvalue weighted by Crippen LogP contribution is 2.42. The number of hydrogen-bond donors (Lipinski definition) is 1. The fraction of sp³-hybridized carbons (Fsp3) is 1.00. The minimum Gasteiger partial charge on any atom is -0.316 e. The van der Waals surface area contributed by atoms with Gasteiger partial charge in [-0.05, 0) is 49.5 Å². The first-order chi connectivity index (χ1) is 7.54. The maximum Gasteiger partial charge on any atom is 0.000791 e. The van der Waals surface area contributed by atoms with E-state index in [1.807, 2.05) is 0 Å². The highest BCUT2D eigenvalue weighted by Gasteiger charge is 2.33. The molecule has 1 fully saturated rings. The maximum absolute atomic E-state index is 3.70. The molecule has 0 aromatic rings. The second-order valence-electron chi connectivity index (χ2n) is 6.66. The van der Waals surface area contributed by atoms with E-state index in [1.165, 1.54) is 51.6 Å². The van der Waals surface area contributed by atoms with Crippen LogP contribution in [0.3, 0.4) is 0 Å². The molecule has 1 N–H and O–H groups in total. The van der Waals surface area contributed by atoms with E-state index in [1.54, 1.807) is 0 Å². The first-order valence-electron chi connectivity index (χ1n) is 7.25. The van der Waals surface area contributed by atoms with E-state index < -0.39 is 0 Å². The first kappa shape index (κ1) is 14.0. The summed E-state index contributed by atoms with van der Waals surface area (Å²) in [5.41, 5.74) is 0.644. The summed E-state index contributed by atoms with van der Waals surface area (Å²) in [4.78, 5) is 0. The molecule has 0 unspecified atom stereocenters. The first-order valence-corrected chi connectivity index (χ1v) is 7.25. The highest BCUT2D eigenvalue weighted by molar-refractivity contribution is 4.87. The van der Waals surface area contributed by atoms with Gasteiger partial charge >= 0.3 is 0 Å². The van der Waals surface area contributed by atoms with Gasteiger partial charge in [-0.25, -0.2) is 0 Å². The van der Waals surface area contributed by atoms with Crippen LogP contribution in [-0.2, 0) is 0 Å². The van der Waals surface area contributed by atoms with Gasteiger partial charge in [0.15, 0.2) is 0 Å². The summed E-state index contributed by atoms with van der Waals surface area (Å²) in [7, 11) is 0. The molecule has 1 heteroatoms.